The fourth-order valence-electron chi connectivity index (χ4n) is 3.69. The molecule has 0 aliphatic rings. The largest absolute Gasteiger partial charge is 0.497 e. The minimum absolute atomic E-state index is 0.0847. The van der Waals surface area contributed by atoms with Gasteiger partial charge in [0, 0.05) is 0 Å². The summed E-state index contributed by atoms with van der Waals surface area (Å²) in [5.41, 5.74) is 6.29. The van der Waals surface area contributed by atoms with E-state index >= 15 is 0 Å². The number of carbonyl (C=O) groups is 1. The van der Waals surface area contributed by atoms with Crippen LogP contribution in [0.3, 0.4) is 0 Å². The molecule has 0 fully saturated rings. The van der Waals surface area contributed by atoms with Crippen LogP contribution in [0.4, 0.5) is 5.95 Å². The van der Waals surface area contributed by atoms with Gasteiger partial charge in [0.05, 0.1) is 32.1 Å². The molecule has 32 heavy (non-hydrogen) atoms. The molecule has 0 aliphatic heterocycles. The summed E-state index contributed by atoms with van der Waals surface area (Å²) in [5, 5.41) is 9.43. The number of rotatable bonds is 5. The van der Waals surface area contributed by atoms with Crippen LogP contribution in [0.2, 0.25) is 0 Å². The van der Waals surface area contributed by atoms with Crippen LogP contribution in [0.1, 0.15) is 12.5 Å². The minimum Gasteiger partial charge on any atom is -0.497 e. The number of benzene rings is 1. The molecular formula is C21H19N7O4. The van der Waals surface area contributed by atoms with E-state index in [1.807, 2.05) is 0 Å². The minimum atomic E-state index is -1.33. The predicted molar refractivity (Wildman–Crippen MR) is 114 cm³/mol. The quantitative estimate of drug-likeness (QED) is 0.414. The molecule has 0 bridgehead atoms. The molecule has 0 aliphatic carbocycles. The lowest BCUT2D eigenvalue weighted by atomic mass is 9.92. The highest BCUT2D eigenvalue weighted by Crippen LogP contribution is 2.33. The third-order valence-electron chi connectivity index (χ3n) is 5.43. The first kappa shape index (κ1) is 19.5. The lowest BCUT2D eigenvalue weighted by molar-refractivity contribution is -0.148. The van der Waals surface area contributed by atoms with E-state index < -0.39 is 11.5 Å². The van der Waals surface area contributed by atoms with E-state index in [2.05, 4.69) is 20.2 Å². The number of nitrogen functional groups attached to an aromatic ring is 1. The van der Waals surface area contributed by atoms with Crippen molar-refractivity contribution in [3.05, 3.63) is 54.4 Å². The second-order valence-electron chi connectivity index (χ2n) is 7.20. The molecule has 11 nitrogen and oxygen atoms in total. The van der Waals surface area contributed by atoms with Crippen molar-refractivity contribution in [2.75, 3.05) is 20.0 Å². The second kappa shape index (κ2) is 7.08. The molecule has 5 rings (SSSR count). The summed E-state index contributed by atoms with van der Waals surface area (Å²) in [6, 6.07) is 10.6. The summed E-state index contributed by atoms with van der Waals surface area (Å²) < 4.78 is 18.7. The molecule has 0 spiro atoms. The molecule has 2 N–H and O–H groups in total. The zero-order valence-corrected chi connectivity index (χ0v) is 17.5. The molecule has 1 atom stereocenters. The van der Waals surface area contributed by atoms with Crippen LogP contribution in [-0.4, -0.2) is 49.6 Å². The van der Waals surface area contributed by atoms with Gasteiger partial charge in [-0.2, -0.15) is 14.6 Å². The van der Waals surface area contributed by atoms with E-state index in [4.69, 9.17) is 19.6 Å². The molecule has 5 aromatic rings. The fraction of sp³-hybridized carbons (Fsp3) is 0.190. The fourth-order valence-corrected chi connectivity index (χ4v) is 3.69. The van der Waals surface area contributed by atoms with Crippen LogP contribution in [-0.2, 0) is 15.1 Å². The Bertz CT molecular complexity index is 1440. The number of nitrogens with two attached hydrogens (primary N) is 1. The first-order chi connectivity index (χ1) is 15.5. The molecule has 4 heterocycles. The van der Waals surface area contributed by atoms with Crippen LogP contribution >= 0.6 is 0 Å². The number of fused-ring (bicyclic) bond motifs is 3. The number of carbonyl (C=O) groups excluding carboxylic acids is 1. The van der Waals surface area contributed by atoms with Gasteiger partial charge < -0.3 is 19.6 Å². The van der Waals surface area contributed by atoms with Gasteiger partial charge in [-0.15, -0.1) is 5.10 Å². The van der Waals surface area contributed by atoms with Gasteiger partial charge in [-0.1, -0.05) is 12.1 Å². The first-order valence-corrected chi connectivity index (χ1v) is 9.64. The summed E-state index contributed by atoms with van der Waals surface area (Å²) in [4.78, 5) is 22.0. The van der Waals surface area contributed by atoms with Gasteiger partial charge >= 0.3 is 5.97 Å². The van der Waals surface area contributed by atoms with E-state index in [1.165, 1.54) is 22.6 Å². The van der Waals surface area contributed by atoms with Crippen molar-refractivity contribution in [1.82, 2.24) is 29.4 Å². The van der Waals surface area contributed by atoms with Gasteiger partial charge in [0.25, 0.3) is 0 Å². The SMILES string of the molecule is COC(=O)[C@](C)(c1ccc(OC)cc1)n1ncc2c1nc(N)n1nc(-c3ccco3)nc21. The number of ether oxygens (including phenoxy) is 2. The van der Waals surface area contributed by atoms with E-state index in [0.29, 0.717) is 39.6 Å². The van der Waals surface area contributed by atoms with Crippen LogP contribution in [0.15, 0.2) is 53.3 Å². The maximum Gasteiger partial charge on any atom is 0.338 e. The third kappa shape index (κ3) is 2.71. The van der Waals surface area contributed by atoms with E-state index in [1.54, 1.807) is 56.6 Å². The van der Waals surface area contributed by atoms with Gasteiger partial charge in [0.1, 0.15) is 5.75 Å². The monoisotopic (exact) mass is 433 g/mol. The summed E-state index contributed by atoms with van der Waals surface area (Å²) in [5.74, 6) is 1.07. The smallest absolute Gasteiger partial charge is 0.338 e. The maximum atomic E-state index is 13.0. The van der Waals surface area contributed by atoms with Crippen molar-refractivity contribution in [3.63, 3.8) is 0 Å². The molecule has 11 heteroatoms. The Labute approximate surface area is 181 Å². The van der Waals surface area contributed by atoms with Crippen LogP contribution < -0.4 is 10.5 Å². The number of hydrogen-bond acceptors (Lipinski definition) is 9. The number of anilines is 1. The number of nitrogens with zero attached hydrogens (tertiary/aromatic N) is 6. The summed E-state index contributed by atoms with van der Waals surface area (Å²) in [6.45, 7) is 1.70. The Hall–Kier alpha value is -4.41. The highest BCUT2D eigenvalue weighted by molar-refractivity contribution is 5.93. The second-order valence-corrected chi connectivity index (χ2v) is 7.20. The number of furan rings is 1. The molecule has 0 unspecified atom stereocenters. The van der Waals surface area contributed by atoms with Crippen molar-refractivity contribution < 1.29 is 18.7 Å². The Balaban J connectivity index is 1.75. The zero-order chi connectivity index (χ0) is 22.5. The molecule has 0 amide bonds. The average Bonchev–Trinajstić information content (AvgIpc) is 3.57. The molecule has 0 radical (unpaired) electrons. The number of hydrogen-bond donors (Lipinski definition) is 1. The van der Waals surface area contributed by atoms with E-state index in [-0.39, 0.29) is 5.95 Å². The van der Waals surface area contributed by atoms with Gasteiger partial charge in [-0.3, -0.25) is 0 Å². The van der Waals surface area contributed by atoms with Crippen molar-refractivity contribution >= 4 is 28.6 Å². The highest BCUT2D eigenvalue weighted by Gasteiger charge is 2.41. The standard InChI is InChI=1S/C21H19N7O4/c1-21(19(29)31-3,12-6-8-13(30-2)9-7-12)28-18-14(11-23-28)17-24-16(15-5-4-10-32-15)26-27(17)20(22)25-18/h4-11H,1-3H3,(H2,22,25)/t21-/m0/s1. The van der Waals surface area contributed by atoms with Crippen molar-refractivity contribution in [1.29, 1.82) is 0 Å². The van der Waals surface area contributed by atoms with Crippen LogP contribution in [0, 0.1) is 0 Å². The topological polar surface area (TPSA) is 136 Å². The van der Waals surface area contributed by atoms with Gasteiger partial charge in [-0.25, -0.2) is 14.5 Å². The van der Waals surface area contributed by atoms with Crippen LogP contribution in [0.5, 0.6) is 5.75 Å². The van der Waals surface area contributed by atoms with Gasteiger partial charge in [-0.05, 0) is 36.8 Å². The molecule has 0 saturated heterocycles. The molecular weight excluding hydrogens is 414 g/mol. The van der Waals surface area contributed by atoms with Crippen molar-refractivity contribution in [2.45, 2.75) is 12.5 Å². The Kier molecular flexibility index (Phi) is 4.33. The van der Waals surface area contributed by atoms with Gasteiger partial charge in [0.15, 0.2) is 22.6 Å². The summed E-state index contributed by atoms with van der Waals surface area (Å²) in [7, 11) is 2.90. The molecule has 0 saturated carbocycles. The van der Waals surface area contributed by atoms with Crippen molar-refractivity contribution in [2.24, 2.45) is 0 Å². The average molecular weight is 433 g/mol. The molecule has 162 valence electrons. The Morgan fingerprint density at radius 3 is 2.56 bits per heavy atom. The lowest BCUT2D eigenvalue weighted by Gasteiger charge is -2.28. The van der Waals surface area contributed by atoms with Crippen LogP contribution in [0.25, 0.3) is 28.3 Å². The first-order valence-electron chi connectivity index (χ1n) is 9.64. The summed E-state index contributed by atoms with van der Waals surface area (Å²) in [6.07, 6.45) is 3.11. The molecule has 1 aromatic carbocycles. The highest BCUT2D eigenvalue weighted by atomic mass is 16.5. The van der Waals surface area contributed by atoms with Crippen molar-refractivity contribution in [3.8, 4) is 17.3 Å². The normalized spacial score (nSPS) is 13.3. The number of aromatic nitrogens is 6. The van der Waals surface area contributed by atoms with Gasteiger partial charge in [0.2, 0.25) is 11.8 Å². The number of methoxy groups -OCH3 is 2. The summed E-state index contributed by atoms with van der Waals surface area (Å²) >= 11 is 0. The van der Waals surface area contributed by atoms with E-state index in [0.717, 1.165) is 0 Å². The lowest BCUT2D eigenvalue weighted by Crippen LogP contribution is -2.42. The molecule has 4 aromatic heterocycles. The third-order valence-corrected chi connectivity index (χ3v) is 5.43. The Morgan fingerprint density at radius 1 is 1.12 bits per heavy atom. The maximum absolute atomic E-state index is 13.0. The zero-order valence-electron chi connectivity index (χ0n) is 17.5. The Morgan fingerprint density at radius 2 is 1.91 bits per heavy atom. The predicted octanol–water partition coefficient (Wildman–Crippen LogP) is 2.26. The number of esters is 1. The van der Waals surface area contributed by atoms with E-state index in [9.17, 15) is 4.79 Å².